The minimum atomic E-state index is -2.23. The van der Waals surface area contributed by atoms with Crippen molar-refractivity contribution in [1.29, 1.82) is 0 Å². The van der Waals surface area contributed by atoms with Crippen molar-refractivity contribution in [2.24, 2.45) is 0 Å². The van der Waals surface area contributed by atoms with Crippen LogP contribution < -0.4 is 14.8 Å². The van der Waals surface area contributed by atoms with Crippen molar-refractivity contribution in [2.45, 2.75) is 56.7 Å². The minimum Gasteiger partial charge on any atom is -0.493 e. The number of nitrogens with zero attached hydrogens (tertiary/aromatic N) is 1. The summed E-state index contributed by atoms with van der Waals surface area (Å²) in [6.07, 6.45) is -0.140. The summed E-state index contributed by atoms with van der Waals surface area (Å²) < 4.78 is 22.2. The lowest BCUT2D eigenvalue weighted by molar-refractivity contribution is -0.188. The molecule has 0 unspecified atom stereocenters. The average molecular weight is 684 g/mol. The number of hydrogen-bond acceptors (Lipinski definition) is 8. The highest BCUT2D eigenvalue weighted by Crippen LogP contribution is 2.54. The summed E-state index contributed by atoms with van der Waals surface area (Å²) in [5.41, 5.74) is -1.90. The Morgan fingerprint density at radius 3 is 2.09 bits per heavy atom. The van der Waals surface area contributed by atoms with E-state index in [4.69, 9.17) is 42.1 Å². The molecule has 0 aromatic heterocycles. The lowest BCUT2D eigenvalue weighted by Gasteiger charge is -2.56. The zero-order chi connectivity index (χ0) is 34.1. The Balaban J connectivity index is 1.80. The predicted molar refractivity (Wildman–Crippen MR) is 175 cm³/mol. The first-order valence-electron chi connectivity index (χ1n) is 15.2. The van der Waals surface area contributed by atoms with Gasteiger partial charge in [-0.05, 0) is 80.3 Å². The summed E-state index contributed by atoms with van der Waals surface area (Å²) in [7, 11) is 2.97. The molecule has 2 aliphatic rings. The molecule has 1 N–H and O–H groups in total. The number of nitrogens with one attached hydrogen (secondary N) is 1. The number of halogens is 2. The molecular formula is C35H36Cl2N2O8. The van der Waals surface area contributed by atoms with Gasteiger partial charge in [-0.3, -0.25) is 9.59 Å². The van der Waals surface area contributed by atoms with E-state index < -0.39 is 46.8 Å². The fraction of sp³-hybridized carbons (Fsp3) is 0.371. The Bertz CT molecular complexity index is 1700. The van der Waals surface area contributed by atoms with E-state index in [0.29, 0.717) is 38.8 Å². The highest BCUT2D eigenvalue weighted by atomic mass is 35.5. The Morgan fingerprint density at radius 2 is 1.51 bits per heavy atom. The third kappa shape index (κ3) is 5.78. The van der Waals surface area contributed by atoms with Crippen LogP contribution in [0.5, 0.6) is 11.5 Å². The van der Waals surface area contributed by atoms with Crippen molar-refractivity contribution in [2.75, 3.05) is 27.4 Å². The van der Waals surface area contributed by atoms with Gasteiger partial charge in [0.05, 0.1) is 33.5 Å². The van der Waals surface area contributed by atoms with Gasteiger partial charge in [0, 0.05) is 27.9 Å². The van der Waals surface area contributed by atoms with Gasteiger partial charge < -0.3 is 29.2 Å². The van der Waals surface area contributed by atoms with Gasteiger partial charge in [-0.15, -0.1) is 0 Å². The van der Waals surface area contributed by atoms with Crippen LogP contribution in [0.2, 0.25) is 10.0 Å². The molecule has 10 nitrogen and oxygen atoms in total. The average Bonchev–Trinajstić information content (AvgIpc) is 3.06. The highest BCUT2D eigenvalue weighted by Gasteiger charge is 2.66. The molecular weight excluding hydrogens is 647 g/mol. The van der Waals surface area contributed by atoms with Crippen molar-refractivity contribution in [3.63, 3.8) is 0 Å². The molecule has 3 aromatic carbocycles. The molecule has 2 amide bonds. The molecule has 3 atom stereocenters. The first kappa shape index (κ1) is 34.1. The number of carbonyl (C=O) groups is 4. The Hall–Kier alpha value is -4.28. The molecule has 3 aromatic rings. The van der Waals surface area contributed by atoms with Crippen molar-refractivity contribution in [3.8, 4) is 11.5 Å². The van der Waals surface area contributed by atoms with Crippen LogP contribution in [0.15, 0.2) is 60.7 Å². The summed E-state index contributed by atoms with van der Waals surface area (Å²) >= 11 is 13.1. The van der Waals surface area contributed by atoms with E-state index in [1.165, 1.54) is 19.1 Å². The summed E-state index contributed by atoms with van der Waals surface area (Å²) in [5.74, 6) is -3.11. The molecule has 2 aliphatic heterocycles. The summed E-state index contributed by atoms with van der Waals surface area (Å²) in [6, 6.07) is 15.9. The smallest absolute Gasteiger partial charge is 0.344 e. The lowest BCUT2D eigenvalue weighted by Crippen LogP contribution is -2.75. The van der Waals surface area contributed by atoms with Crippen LogP contribution in [0.25, 0.3) is 0 Å². The first-order chi connectivity index (χ1) is 22.5. The van der Waals surface area contributed by atoms with Gasteiger partial charge in [0.2, 0.25) is 5.54 Å². The minimum absolute atomic E-state index is 0.0590. The molecule has 0 saturated carbocycles. The van der Waals surface area contributed by atoms with E-state index in [0.717, 1.165) is 0 Å². The first-order valence-corrected chi connectivity index (χ1v) is 16.0. The van der Waals surface area contributed by atoms with E-state index in [1.807, 2.05) is 0 Å². The van der Waals surface area contributed by atoms with Crippen LogP contribution in [0.3, 0.4) is 0 Å². The number of benzene rings is 3. The second kappa shape index (κ2) is 13.4. The molecule has 12 heteroatoms. The third-order valence-electron chi connectivity index (χ3n) is 8.97. The SMILES string of the molecule is CCOC(=O)C1(C(=O)OCC)Cc2cc(OC)c(OC)cc2[C@@H]2C[C@@H](c3ccc(Cl)cc3Cl)[C@](C)(NC(=O)c3ccccc3)C(=O)N21. The molecule has 47 heavy (non-hydrogen) atoms. The van der Waals surface area contributed by atoms with E-state index in [-0.39, 0.29) is 31.1 Å². The quantitative estimate of drug-likeness (QED) is 0.226. The van der Waals surface area contributed by atoms with E-state index in [9.17, 15) is 14.4 Å². The van der Waals surface area contributed by atoms with Gasteiger partial charge in [-0.25, -0.2) is 9.59 Å². The lowest BCUT2D eigenvalue weighted by atomic mass is 9.66. The van der Waals surface area contributed by atoms with E-state index >= 15 is 4.79 Å². The number of esters is 2. The van der Waals surface area contributed by atoms with Gasteiger partial charge in [0.25, 0.3) is 11.8 Å². The Morgan fingerprint density at radius 1 is 0.894 bits per heavy atom. The summed E-state index contributed by atoms with van der Waals surface area (Å²) in [5, 5.41) is 3.63. The number of carbonyl (C=O) groups excluding carboxylic acids is 4. The van der Waals surface area contributed by atoms with Gasteiger partial charge >= 0.3 is 11.9 Å². The molecule has 0 radical (unpaired) electrons. The molecule has 2 heterocycles. The van der Waals surface area contributed by atoms with Crippen LogP contribution in [0.4, 0.5) is 0 Å². The monoisotopic (exact) mass is 682 g/mol. The molecule has 0 bridgehead atoms. The highest BCUT2D eigenvalue weighted by molar-refractivity contribution is 6.35. The van der Waals surface area contributed by atoms with Crippen LogP contribution in [-0.4, -0.2) is 67.2 Å². The molecule has 0 aliphatic carbocycles. The number of piperidine rings is 1. The predicted octanol–water partition coefficient (Wildman–Crippen LogP) is 5.68. The number of hydrogen-bond donors (Lipinski definition) is 1. The Labute approximate surface area is 283 Å². The zero-order valence-corrected chi connectivity index (χ0v) is 28.2. The fourth-order valence-corrected chi connectivity index (χ4v) is 7.30. The van der Waals surface area contributed by atoms with E-state index in [1.54, 1.807) is 81.4 Å². The van der Waals surface area contributed by atoms with Crippen LogP contribution in [-0.2, 0) is 30.3 Å². The molecule has 248 valence electrons. The fourth-order valence-electron chi connectivity index (χ4n) is 6.76. The summed E-state index contributed by atoms with van der Waals surface area (Å²) in [4.78, 5) is 58.6. The molecule has 1 fully saturated rings. The number of ether oxygens (including phenoxy) is 4. The second-order valence-electron chi connectivity index (χ2n) is 11.6. The number of amides is 2. The molecule has 5 rings (SSSR count). The maximum absolute atomic E-state index is 15.3. The van der Waals surface area contributed by atoms with Crippen LogP contribution >= 0.6 is 23.2 Å². The van der Waals surface area contributed by atoms with Crippen molar-refractivity contribution >= 4 is 47.0 Å². The maximum Gasteiger partial charge on any atom is 0.344 e. The Kier molecular flexibility index (Phi) is 9.75. The molecule has 0 spiro atoms. The summed E-state index contributed by atoms with van der Waals surface area (Å²) in [6.45, 7) is 4.68. The van der Waals surface area contributed by atoms with Crippen molar-refractivity contribution in [3.05, 3.63) is 93.0 Å². The van der Waals surface area contributed by atoms with Gasteiger partial charge in [0.15, 0.2) is 11.5 Å². The van der Waals surface area contributed by atoms with E-state index in [2.05, 4.69) is 5.32 Å². The molecule has 1 saturated heterocycles. The largest absolute Gasteiger partial charge is 0.493 e. The number of methoxy groups -OCH3 is 2. The van der Waals surface area contributed by atoms with Crippen molar-refractivity contribution in [1.82, 2.24) is 10.2 Å². The van der Waals surface area contributed by atoms with Gasteiger partial charge in [0.1, 0.15) is 5.54 Å². The zero-order valence-electron chi connectivity index (χ0n) is 26.7. The normalized spacial score (nSPS) is 21.2. The topological polar surface area (TPSA) is 120 Å². The van der Waals surface area contributed by atoms with Crippen LogP contribution in [0, 0.1) is 0 Å². The van der Waals surface area contributed by atoms with Crippen molar-refractivity contribution < 1.29 is 38.1 Å². The van der Waals surface area contributed by atoms with Gasteiger partial charge in [-0.1, -0.05) is 47.5 Å². The second-order valence-corrected chi connectivity index (χ2v) is 12.4. The number of fused-ring (bicyclic) bond motifs is 3. The standard InChI is InChI=1S/C35H36Cl2N2O8/c1-6-46-32(42)35(33(43)47-7-2)19-21-15-28(44-4)29(45-5)17-24(21)27-18-25(23-14-13-22(36)16-26(23)37)34(3,31(41)39(27)35)38-30(40)20-11-9-8-10-12-20/h8-17,25,27H,6-7,18-19H2,1-5H3,(H,38,40)/t25-,27-,34-/m0/s1. The van der Waals surface area contributed by atoms with Crippen LogP contribution in [0.1, 0.15) is 66.2 Å². The number of rotatable bonds is 9. The maximum atomic E-state index is 15.3. The third-order valence-corrected chi connectivity index (χ3v) is 9.53. The van der Waals surface area contributed by atoms with Gasteiger partial charge in [-0.2, -0.15) is 0 Å².